The first-order chi connectivity index (χ1) is 12.2. The molecule has 1 aromatic heterocycles. The fourth-order valence-corrected chi connectivity index (χ4v) is 3.98. The fourth-order valence-electron chi connectivity index (χ4n) is 3.04. The van der Waals surface area contributed by atoms with Crippen LogP contribution in [0.25, 0.3) is 10.2 Å². The van der Waals surface area contributed by atoms with Gasteiger partial charge in [0.25, 0.3) is 0 Å². The van der Waals surface area contributed by atoms with E-state index in [1.807, 2.05) is 0 Å². The van der Waals surface area contributed by atoms with Crippen LogP contribution in [0.3, 0.4) is 0 Å². The van der Waals surface area contributed by atoms with Crippen LogP contribution in [0.4, 0.5) is 13.2 Å². The van der Waals surface area contributed by atoms with E-state index in [9.17, 15) is 22.8 Å². The minimum atomic E-state index is -4.41. The summed E-state index contributed by atoms with van der Waals surface area (Å²) in [6.07, 6.45) is -2.70. The lowest BCUT2D eigenvalue weighted by Crippen LogP contribution is -2.42. The predicted octanol–water partition coefficient (Wildman–Crippen LogP) is 3.57. The van der Waals surface area contributed by atoms with Gasteiger partial charge in [-0.1, -0.05) is 0 Å². The van der Waals surface area contributed by atoms with Gasteiger partial charge in [-0.05, 0) is 31.0 Å². The monoisotopic (exact) mass is 386 g/mol. The van der Waals surface area contributed by atoms with Crippen LogP contribution >= 0.6 is 11.3 Å². The number of carboxylic acids is 1. The van der Waals surface area contributed by atoms with Crippen LogP contribution in [0, 0.1) is 5.92 Å². The summed E-state index contributed by atoms with van der Waals surface area (Å²) in [5, 5.41) is 9.68. The Morgan fingerprint density at radius 1 is 1.35 bits per heavy atom. The van der Waals surface area contributed by atoms with Crippen molar-refractivity contribution >= 4 is 33.4 Å². The van der Waals surface area contributed by atoms with E-state index in [0.717, 1.165) is 12.1 Å². The summed E-state index contributed by atoms with van der Waals surface area (Å²) >= 11 is 1.27. The van der Waals surface area contributed by atoms with E-state index >= 15 is 0 Å². The molecule has 0 aliphatic carbocycles. The summed E-state index contributed by atoms with van der Waals surface area (Å²) in [5.74, 6) is -1.57. The quantitative estimate of drug-likeness (QED) is 0.872. The Hall–Kier alpha value is -2.16. The first-order valence-electron chi connectivity index (χ1n) is 8.21. The maximum Gasteiger partial charge on any atom is 0.416 e. The number of nitrogens with zero attached hydrogens (tertiary/aromatic N) is 2. The van der Waals surface area contributed by atoms with Gasteiger partial charge in [0.1, 0.15) is 0 Å². The standard InChI is InChI=1S/C17H17F3N2O3S/c18-17(19,20)11-3-4-13-12(8-11)21-14(26-13)5-6-15(23)22-7-1-2-10(9-22)16(24)25/h3-4,8,10H,1-2,5-7,9H2,(H,24,25)/t10-/m1/s1. The predicted molar refractivity (Wildman–Crippen MR) is 89.9 cm³/mol. The molecule has 140 valence electrons. The van der Waals surface area contributed by atoms with Gasteiger partial charge in [0, 0.05) is 25.9 Å². The van der Waals surface area contributed by atoms with Gasteiger partial charge in [0.2, 0.25) is 5.91 Å². The zero-order chi connectivity index (χ0) is 18.9. The molecule has 3 rings (SSSR count). The Kier molecular flexibility index (Phi) is 5.17. The maximum atomic E-state index is 12.8. The number of alkyl halides is 3. The van der Waals surface area contributed by atoms with E-state index in [1.165, 1.54) is 17.4 Å². The molecule has 0 radical (unpaired) electrons. The molecule has 9 heteroatoms. The van der Waals surface area contributed by atoms with Crippen molar-refractivity contribution in [3.63, 3.8) is 0 Å². The Morgan fingerprint density at radius 2 is 2.12 bits per heavy atom. The summed E-state index contributed by atoms with van der Waals surface area (Å²) in [6, 6.07) is 3.43. The molecule has 0 saturated carbocycles. The number of hydrogen-bond acceptors (Lipinski definition) is 4. The van der Waals surface area contributed by atoms with E-state index in [2.05, 4.69) is 4.98 Å². The second-order valence-electron chi connectivity index (χ2n) is 6.31. The molecular formula is C17H17F3N2O3S. The number of rotatable bonds is 4. The first-order valence-corrected chi connectivity index (χ1v) is 9.03. The van der Waals surface area contributed by atoms with Crippen LogP contribution in [0.1, 0.15) is 29.8 Å². The average Bonchev–Trinajstić information content (AvgIpc) is 3.01. The SMILES string of the molecule is O=C(O)[C@@H]1CCCN(C(=O)CCc2nc3cc(C(F)(F)F)ccc3s2)C1. The van der Waals surface area contributed by atoms with E-state index in [4.69, 9.17) is 5.11 Å². The second kappa shape index (κ2) is 7.22. The number of likely N-dealkylation sites (tertiary alicyclic amines) is 1. The van der Waals surface area contributed by atoms with Crippen LogP contribution in [0.5, 0.6) is 0 Å². The number of benzene rings is 1. The lowest BCUT2D eigenvalue weighted by atomic mass is 9.98. The number of aromatic nitrogens is 1. The molecule has 1 fully saturated rings. The number of aliphatic carboxylic acids is 1. The molecule has 2 aromatic rings. The summed E-state index contributed by atoms with van der Waals surface area (Å²) in [6.45, 7) is 0.750. The number of aryl methyl sites for hydroxylation is 1. The van der Waals surface area contributed by atoms with Crippen molar-refractivity contribution in [2.75, 3.05) is 13.1 Å². The molecule has 2 heterocycles. The normalized spacial score (nSPS) is 18.3. The third kappa shape index (κ3) is 4.14. The molecule has 1 atom stereocenters. The molecule has 26 heavy (non-hydrogen) atoms. The van der Waals surface area contributed by atoms with Gasteiger partial charge in [0.05, 0.1) is 26.7 Å². The van der Waals surface area contributed by atoms with E-state index < -0.39 is 23.6 Å². The van der Waals surface area contributed by atoms with Crippen LogP contribution in [-0.4, -0.2) is 40.0 Å². The highest BCUT2D eigenvalue weighted by atomic mass is 32.1. The van der Waals surface area contributed by atoms with Gasteiger partial charge in [0.15, 0.2) is 0 Å². The zero-order valence-corrected chi connectivity index (χ0v) is 14.6. The molecule has 1 saturated heterocycles. The molecule has 0 bridgehead atoms. The molecule has 0 unspecified atom stereocenters. The van der Waals surface area contributed by atoms with E-state index in [-0.39, 0.29) is 24.4 Å². The topological polar surface area (TPSA) is 70.5 Å². The van der Waals surface area contributed by atoms with Crippen molar-refractivity contribution in [1.29, 1.82) is 0 Å². The van der Waals surface area contributed by atoms with Gasteiger partial charge in [-0.3, -0.25) is 9.59 Å². The minimum Gasteiger partial charge on any atom is -0.481 e. The number of carboxylic acid groups (broad SMARTS) is 1. The van der Waals surface area contributed by atoms with Crippen LogP contribution in [-0.2, 0) is 22.2 Å². The minimum absolute atomic E-state index is 0.147. The number of amides is 1. The van der Waals surface area contributed by atoms with Crippen molar-refractivity contribution in [2.45, 2.75) is 31.9 Å². The molecule has 1 aliphatic rings. The Bertz CT molecular complexity index is 834. The van der Waals surface area contributed by atoms with Crippen LogP contribution in [0.2, 0.25) is 0 Å². The third-order valence-electron chi connectivity index (χ3n) is 4.44. The smallest absolute Gasteiger partial charge is 0.416 e. The first kappa shape index (κ1) is 18.6. The molecular weight excluding hydrogens is 369 g/mol. The largest absolute Gasteiger partial charge is 0.481 e. The van der Waals surface area contributed by atoms with Crippen molar-refractivity contribution in [3.05, 3.63) is 28.8 Å². The van der Waals surface area contributed by atoms with E-state index in [0.29, 0.717) is 35.5 Å². The fraction of sp³-hybridized carbons (Fsp3) is 0.471. The Labute approximate surface area is 151 Å². The summed E-state index contributed by atoms with van der Waals surface area (Å²) in [5.41, 5.74) is -0.470. The number of halogens is 3. The highest BCUT2D eigenvalue weighted by molar-refractivity contribution is 7.18. The van der Waals surface area contributed by atoms with Gasteiger partial charge in [-0.2, -0.15) is 13.2 Å². The van der Waals surface area contributed by atoms with E-state index in [1.54, 1.807) is 4.90 Å². The number of thiazole rings is 1. The van der Waals surface area contributed by atoms with Gasteiger partial charge in [-0.15, -0.1) is 11.3 Å². The number of piperidine rings is 1. The number of carbonyl (C=O) groups excluding carboxylic acids is 1. The van der Waals surface area contributed by atoms with Gasteiger partial charge in [-0.25, -0.2) is 4.98 Å². The molecule has 0 spiro atoms. The summed E-state index contributed by atoms with van der Waals surface area (Å²) in [4.78, 5) is 29.1. The number of carbonyl (C=O) groups is 2. The van der Waals surface area contributed by atoms with Gasteiger partial charge >= 0.3 is 12.1 Å². The molecule has 1 N–H and O–H groups in total. The Balaban J connectivity index is 1.64. The number of fused-ring (bicyclic) bond motifs is 1. The van der Waals surface area contributed by atoms with Crippen molar-refractivity contribution in [2.24, 2.45) is 5.92 Å². The average molecular weight is 386 g/mol. The van der Waals surface area contributed by atoms with Crippen molar-refractivity contribution in [1.82, 2.24) is 9.88 Å². The maximum absolute atomic E-state index is 12.8. The van der Waals surface area contributed by atoms with Crippen LogP contribution in [0.15, 0.2) is 18.2 Å². The van der Waals surface area contributed by atoms with Crippen LogP contribution < -0.4 is 0 Å². The van der Waals surface area contributed by atoms with Crippen molar-refractivity contribution < 1.29 is 27.9 Å². The second-order valence-corrected chi connectivity index (χ2v) is 7.42. The summed E-state index contributed by atoms with van der Waals surface area (Å²) < 4.78 is 38.9. The van der Waals surface area contributed by atoms with Gasteiger partial charge < -0.3 is 10.0 Å². The highest BCUT2D eigenvalue weighted by Crippen LogP contribution is 2.33. The molecule has 1 aliphatic heterocycles. The highest BCUT2D eigenvalue weighted by Gasteiger charge is 2.31. The zero-order valence-electron chi connectivity index (χ0n) is 13.8. The third-order valence-corrected chi connectivity index (χ3v) is 5.53. The Morgan fingerprint density at radius 3 is 2.81 bits per heavy atom. The lowest BCUT2D eigenvalue weighted by molar-refractivity contribution is -0.145. The molecule has 1 aromatic carbocycles. The molecule has 1 amide bonds. The summed E-state index contributed by atoms with van der Waals surface area (Å²) in [7, 11) is 0. The molecule has 5 nitrogen and oxygen atoms in total. The van der Waals surface area contributed by atoms with Crippen molar-refractivity contribution in [3.8, 4) is 0 Å². The number of hydrogen-bond donors (Lipinski definition) is 1. The lowest BCUT2D eigenvalue weighted by Gasteiger charge is -2.30.